The predicted molar refractivity (Wildman–Crippen MR) is 93.8 cm³/mol. The van der Waals surface area contributed by atoms with Crippen molar-refractivity contribution in [3.63, 3.8) is 0 Å². The summed E-state index contributed by atoms with van der Waals surface area (Å²) in [6.07, 6.45) is 3.52. The standard InChI is InChI=1S/C19H17FN2O2S/c20-14-8-9-17-16(12-14)19(22-10-4-5-11-22)18(13-21-17)25(23,24)15-6-2-1-3-7-15/h1-3,6-9,12-13H,4-5,10-11H2/p+1. The van der Waals surface area contributed by atoms with Crippen LogP contribution in [0.4, 0.5) is 10.1 Å². The van der Waals surface area contributed by atoms with E-state index in [4.69, 9.17) is 0 Å². The molecule has 1 aromatic heterocycles. The fourth-order valence-electron chi connectivity index (χ4n) is 3.38. The average molecular weight is 357 g/mol. The van der Waals surface area contributed by atoms with E-state index in [0.717, 1.165) is 31.4 Å². The summed E-state index contributed by atoms with van der Waals surface area (Å²) in [6, 6.07) is 12.8. The van der Waals surface area contributed by atoms with E-state index in [1.54, 1.807) is 36.4 Å². The van der Waals surface area contributed by atoms with E-state index in [1.165, 1.54) is 18.3 Å². The van der Waals surface area contributed by atoms with Gasteiger partial charge in [-0.2, -0.15) is 0 Å². The molecule has 6 heteroatoms. The van der Waals surface area contributed by atoms with Crippen LogP contribution < -0.4 is 9.88 Å². The van der Waals surface area contributed by atoms with Crippen LogP contribution >= 0.6 is 0 Å². The molecule has 0 saturated carbocycles. The van der Waals surface area contributed by atoms with Gasteiger partial charge < -0.3 is 4.90 Å². The minimum atomic E-state index is -3.71. The molecule has 2 heterocycles. The summed E-state index contributed by atoms with van der Waals surface area (Å²) < 4.78 is 40.3. The lowest BCUT2D eigenvalue weighted by molar-refractivity contribution is -0.347. The number of hydrogen-bond acceptors (Lipinski definition) is 3. The maximum atomic E-state index is 13.9. The minimum Gasteiger partial charge on any atom is -0.370 e. The van der Waals surface area contributed by atoms with Crippen LogP contribution in [-0.4, -0.2) is 21.5 Å². The van der Waals surface area contributed by atoms with Gasteiger partial charge in [-0.3, -0.25) is 0 Å². The van der Waals surface area contributed by atoms with Crippen molar-refractivity contribution in [3.8, 4) is 0 Å². The largest absolute Gasteiger partial charge is 0.370 e. The van der Waals surface area contributed by atoms with Crippen molar-refractivity contribution in [2.24, 2.45) is 0 Å². The summed E-state index contributed by atoms with van der Waals surface area (Å²) in [5.41, 5.74) is 1.31. The summed E-state index contributed by atoms with van der Waals surface area (Å²) in [6.45, 7) is 1.54. The van der Waals surface area contributed by atoms with Crippen LogP contribution in [0.25, 0.3) is 10.9 Å². The van der Waals surface area contributed by atoms with E-state index < -0.39 is 9.84 Å². The Balaban J connectivity index is 2.02. The molecule has 0 aliphatic carbocycles. The van der Waals surface area contributed by atoms with Crippen molar-refractivity contribution in [2.75, 3.05) is 18.0 Å². The lowest BCUT2D eigenvalue weighted by atomic mass is 10.1. The van der Waals surface area contributed by atoms with Crippen molar-refractivity contribution >= 4 is 26.4 Å². The molecule has 2 aromatic carbocycles. The molecule has 1 saturated heterocycles. The molecule has 4 rings (SSSR count). The molecule has 0 amide bonds. The van der Waals surface area contributed by atoms with Crippen LogP contribution in [0.1, 0.15) is 12.8 Å². The molecule has 0 bridgehead atoms. The smallest absolute Gasteiger partial charge is 0.214 e. The molecule has 25 heavy (non-hydrogen) atoms. The summed E-state index contributed by atoms with van der Waals surface area (Å²) in [7, 11) is -3.71. The van der Waals surface area contributed by atoms with E-state index in [9.17, 15) is 12.8 Å². The van der Waals surface area contributed by atoms with Gasteiger partial charge in [0.15, 0.2) is 11.1 Å². The molecule has 128 valence electrons. The van der Waals surface area contributed by atoms with Gasteiger partial charge in [-0.15, -0.1) is 0 Å². The number of nitrogens with one attached hydrogen (secondary N) is 1. The first-order chi connectivity index (χ1) is 12.1. The van der Waals surface area contributed by atoms with E-state index in [2.05, 4.69) is 4.98 Å². The highest BCUT2D eigenvalue weighted by Crippen LogP contribution is 2.36. The molecule has 0 unspecified atom stereocenters. The Bertz CT molecular complexity index is 1030. The first kappa shape index (κ1) is 16.0. The van der Waals surface area contributed by atoms with E-state index in [0.29, 0.717) is 11.1 Å². The summed E-state index contributed by atoms with van der Waals surface area (Å²) in [5, 5.41) is 0.596. The Kier molecular flexibility index (Phi) is 3.92. The molecule has 4 nitrogen and oxygen atoms in total. The van der Waals surface area contributed by atoms with E-state index >= 15 is 0 Å². The third-order valence-electron chi connectivity index (χ3n) is 4.59. The zero-order valence-electron chi connectivity index (χ0n) is 13.6. The second-order valence-electron chi connectivity index (χ2n) is 6.20. The Morgan fingerprint density at radius 2 is 1.72 bits per heavy atom. The lowest BCUT2D eigenvalue weighted by Gasteiger charge is -2.21. The third kappa shape index (κ3) is 2.76. The van der Waals surface area contributed by atoms with Gasteiger partial charge in [0, 0.05) is 19.2 Å². The molecule has 3 aromatic rings. The quantitative estimate of drug-likeness (QED) is 0.723. The van der Waals surface area contributed by atoms with Crippen LogP contribution in [0.15, 0.2) is 64.5 Å². The first-order valence-corrected chi connectivity index (χ1v) is 9.75. The monoisotopic (exact) mass is 357 g/mol. The third-order valence-corrected chi connectivity index (χ3v) is 6.38. The van der Waals surface area contributed by atoms with Gasteiger partial charge in [0.25, 0.3) is 0 Å². The summed E-state index contributed by atoms with van der Waals surface area (Å²) >= 11 is 0. The Morgan fingerprint density at radius 3 is 2.44 bits per heavy atom. The van der Waals surface area contributed by atoms with Crippen molar-refractivity contribution in [1.29, 1.82) is 0 Å². The first-order valence-electron chi connectivity index (χ1n) is 8.26. The topological polar surface area (TPSA) is 51.5 Å². The van der Waals surface area contributed by atoms with Crippen LogP contribution in [0.5, 0.6) is 0 Å². The molecule has 1 aliphatic heterocycles. The van der Waals surface area contributed by atoms with Gasteiger partial charge in [0.2, 0.25) is 15.4 Å². The predicted octanol–water partition coefficient (Wildman–Crippen LogP) is 3.23. The van der Waals surface area contributed by atoms with Crippen LogP contribution in [0.3, 0.4) is 0 Å². The normalized spacial score (nSPS) is 15.0. The number of halogens is 1. The minimum absolute atomic E-state index is 0.193. The van der Waals surface area contributed by atoms with E-state index in [-0.39, 0.29) is 15.6 Å². The number of aromatic amines is 1. The van der Waals surface area contributed by atoms with Gasteiger partial charge >= 0.3 is 0 Å². The number of rotatable bonds is 3. The zero-order chi connectivity index (χ0) is 17.4. The van der Waals surface area contributed by atoms with Gasteiger partial charge in [0.1, 0.15) is 5.82 Å². The molecular weight excluding hydrogens is 339 g/mol. The fraction of sp³-hybridized carbons (Fsp3) is 0.211. The highest BCUT2D eigenvalue weighted by Gasteiger charge is 2.30. The number of aromatic nitrogens is 1. The molecule has 0 radical (unpaired) electrons. The lowest BCUT2D eigenvalue weighted by Crippen LogP contribution is -2.23. The Hall–Kier alpha value is -2.47. The number of benzene rings is 2. The van der Waals surface area contributed by atoms with Gasteiger partial charge in [0.05, 0.1) is 16.0 Å². The molecule has 0 atom stereocenters. The Labute approximate surface area is 145 Å². The van der Waals surface area contributed by atoms with Gasteiger partial charge in [-0.05, 0) is 37.1 Å². The average Bonchev–Trinajstić information content (AvgIpc) is 3.15. The molecule has 0 spiro atoms. The van der Waals surface area contributed by atoms with Gasteiger partial charge in [-0.1, -0.05) is 18.2 Å². The number of fused-ring (bicyclic) bond motifs is 1. The second-order valence-corrected chi connectivity index (χ2v) is 8.12. The number of sulfone groups is 1. The van der Waals surface area contributed by atoms with E-state index in [1.807, 2.05) is 4.90 Å². The number of pyridine rings is 1. The van der Waals surface area contributed by atoms with Crippen LogP contribution in [0, 0.1) is 5.82 Å². The number of anilines is 1. The number of nitrogens with zero attached hydrogens (tertiary/aromatic N) is 1. The fourth-order valence-corrected chi connectivity index (χ4v) is 4.86. The zero-order valence-corrected chi connectivity index (χ0v) is 14.4. The van der Waals surface area contributed by atoms with Gasteiger partial charge in [-0.25, -0.2) is 17.8 Å². The molecule has 1 fully saturated rings. The summed E-state index contributed by atoms with van der Waals surface area (Å²) in [5.74, 6) is -0.379. The number of H-pyrrole nitrogens is 1. The highest BCUT2D eigenvalue weighted by molar-refractivity contribution is 7.91. The Morgan fingerprint density at radius 1 is 1.00 bits per heavy atom. The van der Waals surface area contributed by atoms with Crippen LogP contribution in [-0.2, 0) is 9.84 Å². The van der Waals surface area contributed by atoms with Crippen LogP contribution in [0.2, 0.25) is 0 Å². The van der Waals surface area contributed by atoms with Crippen molar-refractivity contribution in [2.45, 2.75) is 22.6 Å². The SMILES string of the molecule is O=S(=O)(c1ccccc1)c1c[nH+]c2ccc(F)cc2c1N1CCCC1. The molecular formula is C19H18FN2O2S+. The maximum Gasteiger partial charge on any atom is 0.214 e. The highest BCUT2D eigenvalue weighted by atomic mass is 32.2. The van der Waals surface area contributed by atoms with Crippen molar-refractivity contribution in [1.82, 2.24) is 0 Å². The molecule has 1 aliphatic rings. The van der Waals surface area contributed by atoms with Crippen molar-refractivity contribution in [3.05, 3.63) is 60.5 Å². The maximum absolute atomic E-state index is 13.9. The molecule has 1 N–H and O–H groups in total. The second kappa shape index (κ2) is 6.11. The summed E-state index contributed by atoms with van der Waals surface area (Å²) in [4.78, 5) is 5.49. The van der Waals surface area contributed by atoms with Crippen molar-refractivity contribution < 1.29 is 17.8 Å². The number of hydrogen-bond donors (Lipinski definition) is 0.